The maximum Gasteiger partial charge on any atom is 0.308 e. The second kappa shape index (κ2) is 9.89. The van der Waals surface area contributed by atoms with Crippen molar-refractivity contribution >= 4 is 45.8 Å². The Kier molecular flexibility index (Phi) is 7.03. The maximum atomic E-state index is 12.4. The Hall–Kier alpha value is -3.38. The van der Waals surface area contributed by atoms with Gasteiger partial charge < -0.3 is 15.4 Å². The fourth-order valence-electron chi connectivity index (χ4n) is 2.86. The zero-order valence-electron chi connectivity index (χ0n) is 16.4. The largest absolute Gasteiger partial charge is 0.452 e. The van der Waals surface area contributed by atoms with Gasteiger partial charge in [0.05, 0.1) is 6.42 Å². The molecule has 30 heavy (non-hydrogen) atoms. The second-order valence-corrected chi connectivity index (χ2v) is 7.10. The number of ether oxygens (including phenoxy) is 1. The molecule has 2 N–H and O–H groups in total. The number of rotatable bonds is 7. The van der Waals surface area contributed by atoms with Crippen molar-refractivity contribution in [1.82, 2.24) is 5.32 Å². The number of amides is 2. The first-order valence-corrected chi connectivity index (χ1v) is 9.84. The van der Waals surface area contributed by atoms with E-state index in [2.05, 4.69) is 10.6 Å². The van der Waals surface area contributed by atoms with Crippen LogP contribution in [0.2, 0.25) is 5.02 Å². The van der Waals surface area contributed by atoms with Crippen LogP contribution in [0.4, 0.5) is 5.69 Å². The quantitative estimate of drug-likeness (QED) is 0.557. The molecule has 0 radical (unpaired) electrons. The van der Waals surface area contributed by atoms with E-state index in [1.54, 1.807) is 30.3 Å². The molecule has 2 amide bonds. The van der Waals surface area contributed by atoms with Crippen LogP contribution in [0.5, 0.6) is 0 Å². The van der Waals surface area contributed by atoms with Crippen LogP contribution >= 0.6 is 11.6 Å². The first-order chi connectivity index (χ1) is 14.4. The monoisotopic (exact) mass is 424 g/mol. The molecule has 0 aromatic heterocycles. The highest BCUT2D eigenvalue weighted by molar-refractivity contribution is 6.30. The molecule has 0 aliphatic carbocycles. The smallest absolute Gasteiger partial charge is 0.308 e. The first kappa shape index (κ1) is 21.3. The summed E-state index contributed by atoms with van der Waals surface area (Å²) in [5.41, 5.74) is 1.09. The molecular formula is C23H21ClN2O4. The molecule has 0 spiro atoms. The molecule has 0 saturated carbocycles. The number of esters is 1. The first-order valence-electron chi connectivity index (χ1n) is 9.46. The molecule has 7 heteroatoms. The van der Waals surface area contributed by atoms with Gasteiger partial charge in [0, 0.05) is 28.2 Å². The van der Waals surface area contributed by atoms with Crippen molar-refractivity contribution < 1.29 is 19.1 Å². The Balaban J connectivity index is 1.47. The van der Waals surface area contributed by atoms with Crippen LogP contribution in [-0.2, 0) is 14.3 Å². The van der Waals surface area contributed by atoms with Gasteiger partial charge in [-0.1, -0.05) is 48.0 Å². The highest BCUT2D eigenvalue weighted by atomic mass is 35.5. The van der Waals surface area contributed by atoms with Gasteiger partial charge in [0.1, 0.15) is 0 Å². The van der Waals surface area contributed by atoms with Gasteiger partial charge in [-0.2, -0.15) is 0 Å². The van der Waals surface area contributed by atoms with E-state index in [0.29, 0.717) is 16.3 Å². The van der Waals surface area contributed by atoms with Gasteiger partial charge in [-0.25, -0.2) is 0 Å². The normalized spacial score (nSPS) is 11.5. The lowest BCUT2D eigenvalue weighted by atomic mass is 10.1. The fourth-order valence-corrected chi connectivity index (χ4v) is 2.99. The number of hydrogen-bond donors (Lipinski definition) is 2. The van der Waals surface area contributed by atoms with Crippen LogP contribution in [0.15, 0.2) is 66.7 Å². The number of hydrogen-bond acceptors (Lipinski definition) is 4. The summed E-state index contributed by atoms with van der Waals surface area (Å²) in [6.45, 7) is 1.60. The topological polar surface area (TPSA) is 84.5 Å². The Morgan fingerprint density at radius 3 is 2.43 bits per heavy atom. The average molecular weight is 425 g/mol. The van der Waals surface area contributed by atoms with Gasteiger partial charge in [0.2, 0.25) is 0 Å². The molecule has 1 atom stereocenters. The van der Waals surface area contributed by atoms with Crippen LogP contribution < -0.4 is 10.6 Å². The number of benzene rings is 3. The number of anilines is 1. The van der Waals surface area contributed by atoms with Crippen LogP contribution in [0.3, 0.4) is 0 Å². The van der Waals surface area contributed by atoms with Gasteiger partial charge in [-0.3, -0.25) is 14.4 Å². The third-order valence-corrected chi connectivity index (χ3v) is 4.70. The molecular weight excluding hydrogens is 404 g/mol. The van der Waals surface area contributed by atoms with Crippen LogP contribution in [0.1, 0.15) is 23.7 Å². The molecule has 0 fully saturated rings. The molecule has 0 aliphatic rings. The number of carbonyl (C=O) groups is 3. The van der Waals surface area contributed by atoms with Crippen molar-refractivity contribution in [3.05, 3.63) is 77.3 Å². The van der Waals surface area contributed by atoms with Crippen LogP contribution in [0, 0.1) is 0 Å². The van der Waals surface area contributed by atoms with E-state index in [-0.39, 0.29) is 18.9 Å². The van der Waals surface area contributed by atoms with Crippen molar-refractivity contribution in [2.24, 2.45) is 0 Å². The zero-order valence-corrected chi connectivity index (χ0v) is 17.1. The van der Waals surface area contributed by atoms with Crippen LogP contribution in [0.25, 0.3) is 10.8 Å². The predicted octanol–water partition coefficient (Wildman–Crippen LogP) is 4.18. The fraction of sp³-hybridized carbons (Fsp3) is 0.174. The molecule has 0 aliphatic heterocycles. The van der Waals surface area contributed by atoms with E-state index < -0.39 is 18.0 Å². The summed E-state index contributed by atoms with van der Waals surface area (Å²) in [6, 6.07) is 19.7. The van der Waals surface area contributed by atoms with Crippen molar-refractivity contribution in [3.63, 3.8) is 0 Å². The van der Waals surface area contributed by atoms with E-state index in [4.69, 9.17) is 16.3 Å². The van der Waals surface area contributed by atoms with Gasteiger partial charge in [0.15, 0.2) is 6.10 Å². The standard InChI is InChI=1S/C23H21ClN2O4/c1-15(22(28)26-20-8-4-6-16-5-2-3-7-19(16)20)30-21(27)13-14-25-23(29)17-9-11-18(24)12-10-17/h2-12,15H,13-14H2,1H3,(H,25,29)(H,26,28). The maximum absolute atomic E-state index is 12.4. The van der Waals surface area contributed by atoms with E-state index in [0.717, 1.165) is 10.8 Å². The molecule has 3 aromatic carbocycles. The van der Waals surface area contributed by atoms with Crippen LogP contribution in [-0.4, -0.2) is 30.4 Å². The Morgan fingerprint density at radius 1 is 0.967 bits per heavy atom. The minimum Gasteiger partial charge on any atom is -0.452 e. The number of nitrogens with one attached hydrogen (secondary N) is 2. The number of carbonyl (C=O) groups excluding carboxylic acids is 3. The predicted molar refractivity (Wildman–Crippen MR) is 117 cm³/mol. The van der Waals surface area contributed by atoms with E-state index in [1.807, 2.05) is 36.4 Å². The van der Waals surface area contributed by atoms with Crippen molar-refractivity contribution in [1.29, 1.82) is 0 Å². The molecule has 0 heterocycles. The molecule has 3 rings (SSSR count). The molecule has 154 valence electrons. The Bertz CT molecular complexity index is 1060. The SMILES string of the molecule is CC(OC(=O)CCNC(=O)c1ccc(Cl)cc1)C(=O)Nc1cccc2ccccc12. The second-order valence-electron chi connectivity index (χ2n) is 6.66. The summed E-state index contributed by atoms with van der Waals surface area (Å²) in [4.78, 5) is 36.4. The van der Waals surface area contributed by atoms with E-state index in [1.165, 1.54) is 6.92 Å². The third kappa shape index (κ3) is 5.58. The number of fused-ring (bicyclic) bond motifs is 1. The molecule has 3 aromatic rings. The molecule has 0 bridgehead atoms. The Morgan fingerprint density at radius 2 is 1.67 bits per heavy atom. The van der Waals surface area contributed by atoms with Gasteiger partial charge in [0.25, 0.3) is 11.8 Å². The minimum absolute atomic E-state index is 0.0504. The van der Waals surface area contributed by atoms with Gasteiger partial charge in [-0.05, 0) is 42.6 Å². The molecule has 1 unspecified atom stereocenters. The van der Waals surface area contributed by atoms with Crippen molar-refractivity contribution in [2.75, 3.05) is 11.9 Å². The lowest BCUT2D eigenvalue weighted by molar-refractivity contribution is -0.153. The minimum atomic E-state index is -0.969. The summed E-state index contributed by atoms with van der Waals surface area (Å²) in [7, 11) is 0. The van der Waals surface area contributed by atoms with Gasteiger partial charge >= 0.3 is 5.97 Å². The molecule has 6 nitrogen and oxygen atoms in total. The summed E-state index contributed by atoms with van der Waals surface area (Å²) in [5.74, 6) is -1.32. The van der Waals surface area contributed by atoms with Gasteiger partial charge in [-0.15, -0.1) is 0 Å². The highest BCUT2D eigenvalue weighted by Crippen LogP contribution is 2.23. The lowest BCUT2D eigenvalue weighted by Crippen LogP contribution is -2.32. The summed E-state index contributed by atoms with van der Waals surface area (Å²) in [5, 5.41) is 7.85. The van der Waals surface area contributed by atoms with E-state index >= 15 is 0 Å². The summed E-state index contributed by atoms with van der Waals surface area (Å²) >= 11 is 5.79. The third-order valence-electron chi connectivity index (χ3n) is 4.45. The van der Waals surface area contributed by atoms with Crippen molar-refractivity contribution in [2.45, 2.75) is 19.4 Å². The summed E-state index contributed by atoms with van der Waals surface area (Å²) < 4.78 is 5.18. The van der Waals surface area contributed by atoms with E-state index in [9.17, 15) is 14.4 Å². The summed E-state index contributed by atoms with van der Waals surface area (Å²) in [6.07, 6.45) is -1.02. The van der Waals surface area contributed by atoms with Crippen molar-refractivity contribution in [3.8, 4) is 0 Å². The zero-order chi connectivity index (χ0) is 21.5. The Labute approximate surface area is 179 Å². The average Bonchev–Trinajstić information content (AvgIpc) is 2.74. The highest BCUT2D eigenvalue weighted by Gasteiger charge is 2.18. The lowest BCUT2D eigenvalue weighted by Gasteiger charge is -2.15. The number of halogens is 1. The molecule has 0 saturated heterocycles.